The van der Waals surface area contributed by atoms with E-state index in [1.54, 1.807) is 6.07 Å². The quantitative estimate of drug-likeness (QED) is 0.726. The largest absolute Gasteiger partial charge is 0.358 e. The van der Waals surface area contributed by atoms with Gasteiger partial charge in [0.15, 0.2) is 0 Å². The van der Waals surface area contributed by atoms with Gasteiger partial charge < -0.3 is 11.1 Å². The number of nitrogens with two attached hydrogens (primary N) is 1. The van der Waals surface area contributed by atoms with Crippen LogP contribution in [-0.2, 0) is 6.42 Å². The van der Waals surface area contributed by atoms with E-state index in [0.717, 1.165) is 16.9 Å². The van der Waals surface area contributed by atoms with Crippen molar-refractivity contribution in [3.8, 4) is 0 Å². The van der Waals surface area contributed by atoms with Gasteiger partial charge >= 0.3 is 0 Å². The van der Waals surface area contributed by atoms with Crippen molar-refractivity contribution in [2.45, 2.75) is 23.7 Å². The number of fused-ring (bicyclic) bond motifs is 1. The van der Waals surface area contributed by atoms with Gasteiger partial charge in [0.1, 0.15) is 11.3 Å². The normalized spacial score (nSPS) is 19.8. The van der Waals surface area contributed by atoms with Crippen LogP contribution in [0.5, 0.6) is 0 Å². The zero-order valence-electron chi connectivity index (χ0n) is 7.30. The molecular formula is C9H11FN2S. The number of rotatable bonds is 1. The average molecular weight is 198 g/mol. The van der Waals surface area contributed by atoms with E-state index >= 15 is 0 Å². The minimum atomic E-state index is -0.211. The van der Waals surface area contributed by atoms with Crippen LogP contribution in [0.3, 0.4) is 0 Å². The number of anilines is 1. The molecule has 1 aromatic rings. The van der Waals surface area contributed by atoms with Crippen molar-refractivity contribution in [2.75, 3.05) is 5.32 Å². The van der Waals surface area contributed by atoms with Crippen molar-refractivity contribution in [1.29, 1.82) is 0 Å². The average Bonchev–Trinajstić information content (AvgIpc) is 2.46. The Bertz CT molecular complexity index is 341. The van der Waals surface area contributed by atoms with Crippen LogP contribution in [0.4, 0.5) is 10.1 Å². The number of thioether (sulfide) groups is 1. The predicted molar refractivity (Wildman–Crippen MR) is 53.2 cm³/mol. The first-order valence-corrected chi connectivity index (χ1v) is 5.10. The number of nitrogens with one attached hydrogen (secondary N) is 1. The molecule has 0 amide bonds. The molecule has 0 saturated heterocycles. The fourth-order valence-electron chi connectivity index (χ4n) is 1.38. The molecule has 0 saturated carbocycles. The molecule has 0 spiro atoms. The maximum Gasteiger partial charge on any atom is 0.147 e. The third-order valence-corrected chi connectivity index (χ3v) is 3.01. The molecule has 2 nitrogen and oxygen atoms in total. The van der Waals surface area contributed by atoms with Gasteiger partial charge in [-0.25, -0.2) is 4.39 Å². The molecule has 0 radical (unpaired) electrons. The lowest BCUT2D eigenvalue weighted by Crippen LogP contribution is -2.21. The van der Waals surface area contributed by atoms with E-state index in [1.165, 1.54) is 11.8 Å². The molecule has 1 heterocycles. The lowest BCUT2D eigenvalue weighted by atomic mass is 10.1. The molecule has 1 aliphatic heterocycles. The third kappa shape index (κ3) is 1.51. The van der Waals surface area contributed by atoms with Crippen molar-refractivity contribution in [1.82, 2.24) is 0 Å². The first kappa shape index (κ1) is 8.84. The van der Waals surface area contributed by atoms with E-state index in [1.807, 2.05) is 13.0 Å². The number of halogens is 1. The molecule has 0 bridgehead atoms. The monoisotopic (exact) mass is 198 g/mol. The Labute approximate surface area is 80.7 Å². The standard InChI is InChI=1S/C9H11FN2S/c1-2-5-3-6(10)8-7(4-5)13-9(11)12-8/h3-4,9,12H,2,11H2,1H3. The van der Waals surface area contributed by atoms with E-state index in [2.05, 4.69) is 5.32 Å². The van der Waals surface area contributed by atoms with Gasteiger partial charge in [-0.3, -0.25) is 0 Å². The maximum absolute atomic E-state index is 13.4. The number of aryl methyl sites for hydroxylation is 1. The van der Waals surface area contributed by atoms with Crippen LogP contribution in [0.15, 0.2) is 17.0 Å². The minimum absolute atomic E-state index is 0.199. The Kier molecular flexibility index (Phi) is 2.17. The van der Waals surface area contributed by atoms with Gasteiger partial charge in [0.2, 0.25) is 0 Å². The first-order valence-electron chi connectivity index (χ1n) is 4.22. The van der Waals surface area contributed by atoms with E-state index in [0.29, 0.717) is 5.69 Å². The lowest BCUT2D eigenvalue weighted by molar-refractivity contribution is 0.625. The topological polar surface area (TPSA) is 38.0 Å². The van der Waals surface area contributed by atoms with Crippen molar-refractivity contribution in [3.05, 3.63) is 23.5 Å². The molecule has 3 N–H and O–H groups in total. The van der Waals surface area contributed by atoms with Gasteiger partial charge in [-0.15, -0.1) is 0 Å². The van der Waals surface area contributed by atoms with E-state index in [-0.39, 0.29) is 11.3 Å². The first-order chi connectivity index (χ1) is 6.20. The molecule has 0 fully saturated rings. The summed E-state index contributed by atoms with van der Waals surface area (Å²) in [7, 11) is 0. The van der Waals surface area contributed by atoms with Crippen LogP contribution in [0, 0.1) is 5.82 Å². The van der Waals surface area contributed by atoms with Gasteiger partial charge in [0.05, 0.1) is 5.69 Å². The third-order valence-electron chi connectivity index (χ3n) is 2.06. The van der Waals surface area contributed by atoms with Gasteiger partial charge in [-0.05, 0) is 24.1 Å². The summed E-state index contributed by atoms with van der Waals surface area (Å²) in [6.07, 6.45) is 0.847. The molecule has 1 atom stereocenters. The Morgan fingerprint density at radius 2 is 2.38 bits per heavy atom. The van der Waals surface area contributed by atoms with E-state index in [4.69, 9.17) is 5.73 Å². The van der Waals surface area contributed by atoms with Gasteiger partial charge in [0.25, 0.3) is 0 Å². The molecule has 1 aromatic carbocycles. The fraction of sp³-hybridized carbons (Fsp3) is 0.333. The van der Waals surface area contributed by atoms with Crippen molar-refractivity contribution < 1.29 is 4.39 Å². The molecule has 0 aromatic heterocycles. The highest BCUT2D eigenvalue weighted by molar-refractivity contribution is 8.00. The summed E-state index contributed by atoms with van der Waals surface area (Å²) < 4.78 is 13.4. The van der Waals surface area contributed by atoms with Crippen LogP contribution >= 0.6 is 11.8 Å². The molecule has 0 aliphatic carbocycles. The smallest absolute Gasteiger partial charge is 0.147 e. The molecule has 1 aliphatic rings. The second-order valence-electron chi connectivity index (χ2n) is 2.99. The van der Waals surface area contributed by atoms with Crippen LogP contribution < -0.4 is 11.1 Å². The molecule has 4 heteroatoms. The predicted octanol–water partition coefficient (Wildman–Crippen LogP) is 2.15. The van der Waals surface area contributed by atoms with E-state index in [9.17, 15) is 4.39 Å². The summed E-state index contributed by atoms with van der Waals surface area (Å²) in [6.45, 7) is 2.01. The van der Waals surface area contributed by atoms with Crippen LogP contribution in [0.25, 0.3) is 0 Å². The molecule has 70 valence electrons. The van der Waals surface area contributed by atoms with Crippen molar-refractivity contribution >= 4 is 17.4 Å². The summed E-state index contributed by atoms with van der Waals surface area (Å²) in [5.41, 5.74) is 6.98. The van der Waals surface area contributed by atoms with Crippen molar-refractivity contribution in [3.63, 3.8) is 0 Å². The molecule has 13 heavy (non-hydrogen) atoms. The van der Waals surface area contributed by atoms with Gasteiger partial charge in [-0.1, -0.05) is 18.7 Å². The Hall–Kier alpha value is -0.740. The number of hydrogen-bond donors (Lipinski definition) is 2. The van der Waals surface area contributed by atoms with Crippen LogP contribution in [0.2, 0.25) is 0 Å². The Morgan fingerprint density at radius 1 is 1.62 bits per heavy atom. The summed E-state index contributed by atoms with van der Waals surface area (Å²) in [6, 6.07) is 3.55. The van der Waals surface area contributed by atoms with Crippen LogP contribution in [0.1, 0.15) is 12.5 Å². The van der Waals surface area contributed by atoms with Crippen molar-refractivity contribution in [2.24, 2.45) is 5.73 Å². The summed E-state index contributed by atoms with van der Waals surface area (Å²) in [5.74, 6) is -0.199. The highest BCUT2D eigenvalue weighted by Gasteiger charge is 2.21. The highest BCUT2D eigenvalue weighted by atomic mass is 32.2. The summed E-state index contributed by atoms with van der Waals surface area (Å²) in [4.78, 5) is 0.921. The highest BCUT2D eigenvalue weighted by Crippen LogP contribution is 2.38. The number of benzene rings is 1. The SMILES string of the molecule is CCc1cc(F)c2c(c1)SC(N)N2. The molecule has 2 rings (SSSR count). The summed E-state index contributed by atoms with van der Waals surface area (Å²) in [5, 5.41) is 2.88. The maximum atomic E-state index is 13.4. The minimum Gasteiger partial charge on any atom is -0.358 e. The van der Waals surface area contributed by atoms with Gasteiger partial charge in [-0.2, -0.15) is 0 Å². The van der Waals surface area contributed by atoms with E-state index < -0.39 is 0 Å². The Morgan fingerprint density at radius 3 is 3.08 bits per heavy atom. The Balaban J connectivity index is 2.46. The fourth-order valence-corrected chi connectivity index (χ4v) is 2.32. The summed E-state index contributed by atoms with van der Waals surface area (Å²) >= 11 is 1.46. The zero-order valence-corrected chi connectivity index (χ0v) is 8.12. The molecule has 1 unspecified atom stereocenters. The zero-order chi connectivity index (χ0) is 9.42. The second-order valence-corrected chi connectivity index (χ2v) is 4.17. The molecular weight excluding hydrogens is 187 g/mol. The van der Waals surface area contributed by atoms with Gasteiger partial charge in [0, 0.05) is 4.90 Å². The van der Waals surface area contributed by atoms with Crippen LogP contribution in [-0.4, -0.2) is 5.50 Å². The number of hydrogen-bond acceptors (Lipinski definition) is 3. The second kappa shape index (κ2) is 3.20. The lowest BCUT2D eigenvalue weighted by Gasteiger charge is -2.03.